The van der Waals surface area contributed by atoms with Crippen LogP contribution in [0.3, 0.4) is 0 Å². The second-order valence-electron chi connectivity index (χ2n) is 5.42. The molecule has 0 bridgehead atoms. The molecule has 1 N–H and O–H groups in total. The molecule has 1 fully saturated rings. The van der Waals surface area contributed by atoms with Gasteiger partial charge in [-0.15, -0.1) is 0 Å². The predicted molar refractivity (Wildman–Crippen MR) is 75.5 cm³/mol. The number of alkyl halides is 3. The SMILES string of the molecule is O=[N+]([O-])c1ccc(F)c([C@@H](CCC(F)(F)F)N2CCNCC2)c1. The molecule has 0 amide bonds. The first-order chi connectivity index (χ1) is 10.8. The lowest BCUT2D eigenvalue weighted by Crippen LogP contribution is -2.45. The van der Waals surface area contributed by atoms with E-state index in [0.717, 1.165) is 18.2 Å². The fourth-order valence-electron chi connectivity index (χ4n) is 2.73. The van der Waals surface area contributed by atoms with Crippen LogP contribution < -0.4 is 5.32 Å². The van der Waals surface area contributed by atoms with Gasteiger partial charge in [-0.1, -0.05) is 0 Å². The van der Waals surface area contributed by atoms with E-state index in [0.29, 0.717) is 26.2 Å². The average Bonchev–Trinajstić information content (AvgIpc) is 2.49. The smallest absolute Gasteiger partial charge is 0.314 e. The molecule has 2 rings (SSSR count). The summed E-state index contributed by atoms with van der Waals surface area (Å²) in [5.41, 5.74) is -0.376. The van der Waals surface area contributed by atoms with Crippen molar-refractivity contribution in [1.82, 2.24) is 10.2 Å². The van der Waals surface area contributed by atoms with Crippen LogP contribution >= 0.6 is 0 Å². The number of hydrogen-bond donors (Lipinski definition) is 1. The number of halogens is 4. The highest BCUT2D eigenvalue weighted by atomic mass is 19.4. The van der Waals surface area contributed by atoms with Crippen molar-refractivity contribution >= 4 is 5.69 Å². The van der Waals surface area contributed by atoms with Gasteiger partial charge in [0.25, 0.3) is 5.69 Å². The number of benzene rings is 1. The Balaban J connectivity index is 2.31. The number of nitrogens with one attached hydrogen (secondary N) is 1. The molecule has 1 heterocycles. The standard InChI is InChI=1S/C14H17F4N3O2/c15-12-2-1-10(21(22)23)9-11(12)13(3-4-14(16,17)18)20-7-5-19-6-8-20/h1-2,9,13,19H,3-8H2/t13-/m1/s1. The maximum Gasteiger partial charge on any atom is 0.389 e. The van der Waals surface area contributed by atoms with Gasteiger partial charge in [-0.2, -0.15) is 13.2 Å². The molecule has 9 heteroatoms. The van der Waals surface area contributed by atoms with E-state index in [1.807, 2.05) is 0 Å². The minimum absolute atomic E-state index is 0.0506. The van der Waals surface area contributed by atoms with Crippen LogP contribution in [0.2, 0.25) is 0 Å². The van der Waals surface area contributed by atoms with E-state index in [1.54, 1.807) is 4.90 Å². The lowest BCUT2D eigenvalue weighted by Gasteiger charge is -2.35. The lowest BCUT2D eigenvalue weighted by molar-refractivity contribution is -0.385. The van der Waals surface area contributed by atoms with Gasteiger partial charge in [0.05, 0.1) is 4.92 Å². The number of nitro benzene ring substituents is 1. The third-order valence-corrected chi connectivity index (χ3v) is 3.84. The monoisotopic (exact) mass is 335 g/mol. The van der Waals surface area contributed by atoms with Gasteiger partial charge in [0, 0.05) is 56.3 Å². The van der Waals surface area contributed by atoms with Crippen LogP contribution in [-0.4, -0.2) is 42.2 Å². The molecule has 0 saturated carbocycles. The van der Waals surface area contributed by atoms with Crippen LogP contribution in [0.4, 0.5) is 23.2 Å². The summed E-state index contributed by atoms with van der Waals surface area (Å²) in [7, 11) is 0. The summed E-state index contributed by atoms with van der Waals surface area (Å²) in [6, 6.07) is 2.16. The highest BCUT2D eigenvalue weighted by Crippen LogP contribution is 2.34. The molecular weight excluding hydrogens is 318 g/mol. The zero-order chi connectivity index (χ0) is 17.0. The van der Waals surface area contributed by atoms with Crippen molar-refractivity contribution in [3.05, 3.63) is 39.7 Å². The van der Waals surface area contributed by atoms with E-state index in [4.69, 9.17) is 0 Å². The van der Waals surface area contributed by atoms with Gasteiger partial charge in [0.2, 0.25) is 0 Å². The van der Waals surface area contributed by atoms with Crippen LogP contribution in [0.1, 0.15) is 24.4 Å². The van der Waals surface area contributed by atoms with E-state index in [-0.39, 0.29) is 17.7 Å². The van der Waals surface area contributed by atoms with Gasteiger partial charge in [-0.05, 0) is 12.5 Å². The molecular formula is C14H17F4N3O2. The molecule has 1 saturated heterocycles. The number of hydrogen-bond acceptors (Lipinski definition) is 4. The molecule has 23 heavy (non-hydrogen) atoms. The van der Waals surface area contributed by atoms with Crippen LogP contribution in [0.5, 0.6) is 0 Å². The van der Waals surface area contributed by atoms with Crippen molar-refractivity contribution in [2.24, 2.45) is 0 Å². The summed E-state index contributed by atoms with van der Waals surface area (Å²) in [4.78, 5) is 11.9. The Morgan fingerprint density at radius 2 is 1.96 bits per heavy atom. The van der Waals surface area contributed by atoms with Crippen molar-refractivity contribution in [2.45, 2.75) is 25.1 Å². The molecule has 5 nitrogen and oxygen atoms in total. The second-order valence-corrected chi connectivity index (χ2v) is 5.42. The molecule has 1 atom stereocenters. The number of piperazine rings is 1. The van der Waals surface area contributed by atoms with E-state index in [9.17, 15) is 27.7 Å². The second kappa shape index (κ2) is 7.22. The predicted octanol–water partition coefficient (Wildman–Crippen LogP) is 3.02. The molecule has 0 radical (unpaired) electrons. The van der Waals surface area contributed by atoms with Crippen LogP contribution in [0.25, 0.3) is 0 Å². The highest BCUT2D eigenvalue weighted by molar-refractivity contribution is 5.37. The fourth-order valence-corrected chi connectivity index (χ4v) is 2.73. The van der Waals surface area contributed by atoms with Gasteiger partial charge in [0.1, 0.15) is 5.82 Å². The summed E-state index contributed by atoms with van der Waals surface area (Å²) in [5.74, 6) is -0.721. The zero-order valence-corrected chi connectivity index (χ0v) is 12.3. The molecule has 0 unspecified atom stereocenters. The topological polar surface area (TPSA) is 58.4 Å². The summed E-state index contributed by atoms with van der Waals surface area (Å²) in [5, 5.41) is 13.9. The fraction of sp³-hybridized carbons (Fsp3) is 0.571. The first-order valence-electron chi connectivity index (χ1n) is 7.23. The van der Waals surface area contributed by atoms with Crippen molar-refractivity contribution in [3.8, 4) is 0 Å². The summed E-state index contributed by atoms with van der Waals surface area (Å²) in [6.45, 7) is 2.09. The van der Waals surface area contributed by atoms with E-state index in [1.165, 1.54) is 0 Å². The summed E-state index contributed by atoms with van der Waals surface area (Å²) < 4.78 is 51.8. The van der Waals surface area contributed by atoms with Gasteiger partial charge in [0.15, 0.2) is 0 Å². The number of rotatable bonds is 5. The van der Waals surface area contributed by atoms with Crippen molar-refractivity contribution in [1.29, 1.82) is 0 Å². The number of non-ortho nitro benzene ring substituents is 1. The molecule has 1 aromatic rings. The van der Waals surface area contributed by atoms with Crippen LogP contribution in [0, 0.1) is 15.9 Å². The van der Waals surface area contributed by atoms with Crippen molar-refractivity contribution < 1.29 is 22.5 Å². The molecule has 0 aliphatic carbocycles. The first kappa shape index (κ1) is 17.6. The Labute approximate surface area is 130 Å². The van der Waals surface area contributed by atoms with Crippen molar-refractivity contribution in [3.63, 3.8) is 0 Å². The largest absolute Gasteiger partial charge is 0.389 e. The Kier molecular flexibility index (Phi) is 5.53. The number of nitrogens with zero attached hydrogens (tertiary/aromatic N) is 2. The Morgan fingerprint density at radius 3 is 2.52 bits per heavy atom. The quantitative estimate of drug-likeness (QED) is 0.510. The van der Waals surface area contributed by atoms with Crippen LogP contribution in [0.15, 0.2) is 18.2 Å². The van der Waals surface area contributed by atoms with E-state index in [2.05, 4.69) is 5.32 Å². The molecule has 1 aromatic carbocycles. The molecule has 0 spiro atoms. The molecule has 1 aliphatic heterocycles. The van der Waals surface area contributed by atoms with E-state index < -0.39 is 29.4 Å². The van der Waals surface area contributed by atoms with Gasteiger partial charge < -0.3 is 5.32 Å². The van der Waals surface area contributed by atoms with Crippen LogP contribution in [-0.2, 0) is 0 Å². The number of nitro groups is 1. The Bertz CT molecular complexity index is 559. The Hall–Kier alpha value is -1.74. The summed E-state index contributed by atoms with van der Waals surface area (Å²) in [6.07, 6.45) is -5.76. The van der Waals surface area contributed by atoms with Crippen molar-refractivity contribution in [2.75, 3.05) is 26.2 Å². The first-order valence-corrected chi connectivity index (χ1v) is 7.23. The maximum absolute atomic E-state index is 14.1. The minimum Gasteiger partial charge on any atom is -0.314 e. The highest BCUT2D eigenvalue weighted by Gasteiger charge is 2.33. The summed E-state index contributed by atoms with van der Waals surface area (Å²) >= 11 is 0. The minimum atomic E-state index is -4.36. The van der Waals surface area contributed by atoms with Gasteiger partial charge >= 0.3 is 6.18 Å². The zero-order valence-electron chi connectivity index (χ0n) is 12.3. The Morgan fingerprint density at radius 1 is 1.30 bits per heavy atom. The third-order valence-electron chi connectivity index (χ3n) is 3.84. The maximum atomic E-state index is 14.1. The average molecular weight is 335 g/mol. The molecule has 128 valence electrons. The molecule has 0 aromatic heterocycles. The third kappa shape index (κ3) is 4.87. The normalized spacial score (nSPS) is 17.9. The lowest BCUT2D eigenvalue weighted by atomic mass is 9.98. The van der Waals surface area contributed by atoms with Gasteiger partial charge in [-0.25, -0.2) is 4.39 Å². The van der Waals surface area contributed by atoms with Gasteiger partial charge in [-0.3, -0.25) is 15.0 Å². The molecule has 1 aliphatic rings. The van der Waals surface area contributed by atoms with E-state index >= 15 is 0 Å².